The molecule has 0 heterocycles. The van der Waals surface area contributed by atoms with Crippen LogP contribution in [0, 0.1) is 17.8 Å². The third-order valence-corrected chi connectivity index (χ3v) is 18.9. The standard InChI is InChI=1S/C72H140O17P2/c1-8-10-11-12-13-31-39-46-53-69(74)82-60-68(89-72(77)56-49-42-35-34-38-45-52-65(7)9-2)62-87-91(80,81)85-58-66(73)57-84-90(78,79)86-61-67(59-83-70(75)54-47-40-32-28-24-26-30-37-44-51-64(5)6)88-71(76)55-48-41-33-27-23-21-19-17-15-14-16-18-20-22-25-29-36-43-50-63(3)4/h63-68,73H,8-62H2,1-7H3,(H,78,79)(H,80,81)/t65?,66-,67-,68-/m1/s1. The molecule has 0 aliphatic rings. The van der Waals surface area contributed by atoms with Crippen LogP contribution in [0.5, 0.6) is 0 Å². The zero-order chi connectivity index (χ0) is 67.3. The number of aliphatic hydroxyl groups is 1. The second kappa shape index (κ2) is 62.8. The molecule has 540 valence electrons. The lowest BCUT2D eigenvalue weighted by Gasteiger charge is -2.21. The second-order valence-electron chi connectivity index (χ2n) is 27.2. The van der Waals surface area contributed by atoms with Crippen molar-refractivity contribution in [1.29, 1.82) is 0 Å². The summed E-state index contributed by atoms with van der Waals surface area (Å²) in [6, 6.07) is 0. The van der Waals surface area contributed by atoms with Crippen LogP contribution in [0.25, 0.3) is 0 Å². The Morgan fingerprint density at radius 3 is 0.835 bits per heavy atom. The van der Waals surface area contributed by atoms with Crippen molar-refractivity contribution in [3.05, 3.63) is 0 Å². The molecule has 0 radical (unpaired) electrons. The van der Waals surface area contributed by atoms with Gasteiger partial charge in [-0.25, -0.2) is 9.13 Å². The molecule has 19 heteroatoms. The Morgan fingerprint density at radius 1 is 0.319 bits per heavy atom. The fourth-order valence-electron chi connectivity index (χ4n) is 10.9. The molecule has 0 aliphatic carbocycles. The number of hydrogen-bond acceptors (Lipinski definition) is 15. The molecule has 0 saturated heterocycles. The third-order valence-electron chi connectivity index (χ3n) is 17.0. The molecule has 0 aromatic heterocycles. The van der Waals surface area contributed by atoms with Gasteiger partial charge in [0, 0.05) is 25.7 Å². The number of esters is 4. The highest BCUT2D eigenvalue weighted by Crippen LogP contribution is 2.45. The van der Waals surface area contributed by atoms with E-state index in [4.69, 9.17) is 37.0 Å². The van der Waals surface area contributed by atoms with E-state index in [0.29, 0.717) is 25.7 Å². The van der Waals surface area contributed by atoms with Crippen LogP contribution in [-0.4, -0.2) is 96.7 Å². The van der Waals surface area contributed by atoms with Crippen molar-refractivity contribution in [2.24, 2.45) is 17.8 Å². The summed E-state index contributed by atoms with van der Waals surface area (Å²) in [7, 11) is -9.90. The molecular formula is C72H140O17P2. The number of rotatable bonds is 70. The van der Waals surface area contributed by atoms with E-state index >= 15 is 0 Å². The van der Waals surface area contributed by atoms with Crippen molar-refractivity contribution in [1.82, 2.24) is 0 Å². The third kappa shape index (κ3) is 65.1. The quantitative estimate of drug-likeness (QED) is 0.0222. The molecule has 0 fully saturated rings. The van der Waals surface area contributed by atoms with Crippen molar-refractivity contribution in [2.75, 3.05) is 39.6 Å². The van der Waals surface area contributed by atoms with Crippen LogP contribution in [0.4, 0.5) is 0 Å². The SMILES string of the molecule is CCCCCCCCCCC(=O)OC[C@H](COP(=O)(O)OC[C@H](O)COP(=O)(O)OC[C@@H](COC(=O)CCCCCCCCCCCC(C)C)OC(=O)CCCCCCCCCCCCCCCCCCCCC(C)C)OC(=O)CCCCCCCCC(C)CC. The summed E-state index contributed by atoms with van der Waals surface area (Å²) in [5.74, 6) is 0.155. The van der Waals surface area contributed by atoms with Gasteiger partial charge in [-0.2, -0.15) is 0 Å². The molecule has 17 nitrogen and oxygen atoms in total. The molecule has 0 aromatic carbocycles. The molecule has 3 unspecified atom stereocenters. The van der Waals surface area contributed by atoms with Crippen molar-refractivity contribution < 1.29 is 80.2 Å². The largest absolute Gasteiger partial charge is 0.472 e. The molecule has 6 atom stereocenters. The van der Waals surface area contributed by atoms with Crippen molar-refractivity contribution in [3.63, 3.8) is 0 Å². The van der Waals surface area contributed by atoms with E-state index < -0.39 is 97.5 Å². The van der Waals surface area contributed by atoms with Crippen LogP contribution >= 0.6 is 15.6 Å². The number of ether oxygens (including phenoxy) is 4. The molecule has 0 amide bonds. The van der Waals surface area contributed by atoms with Crippen LogP contribution in [0.15, 0.2) is 0 Å². The van der Waals surface area contributed by atoms with Gasteiger partial charge >= 0.3 is 39.5 Å². The Kier molecular flexibility index (Phi) is 61.5. The molecule has 3 N–H and O–H groups in total. The van der Waals surface area contributed by atoms with Crippen molar-refractivity contribution >= 4 is 39.5 Å². The first kappa shape index (κ1) is 89.1. The number of carbonyl (C=O) groups is 4. The van der Waals surface area contributed by atoms with E-state index in [-0.39, 0.29) is 25.7 Å². The molecule has 0 aliphatic heterocycles. The maximum atomic E-state index is 13.0. The minimum absolute atomic E-state index is 0.103. The van der Waals surface area contributed by atoms with E-state index in [0.717, 1.165) is 114 Å². The predicted octanol–water partition coefficient (Wildman–Crippen LogP) is 20.6. The lowest BCUT2D eigenvalue weighted by atomic mass is 10.00. The topological polar surface area (TPSA) is 237 Å². The van der Waals surface area contributed by atoms with Crippen molar-refractivity contribution in [3.8, 4) is 0 Å². The highest BCUT2D eigenvalue weighted by atomic mass is 31.2. The highest BCUT2D eigenvalue weighted by molar-refractivity contribution is 7.47. The average molecular weight is 1340 g/mol. The first-order valence-corrected chi connectivity index (χ1v) is 40.4. The van der Waals surface area contributed by atoms with Crippen LogP contribution in [0.2, 0.25) is 0 Å². The summed E-state index contributed by atoms with van der Waals surface area (Å²) < 4.78 is 68.2. The maximum absolute atomic E-state index is 13.0. The van der Waals surface area contributed by atoms with Gasteiger partial charge in [-0.15, -0.1) is 0 Å². The zero-order valence-corrected chi connectivity index (χ0v) is 61.1. The van der Waals surface area contributed by atoms with E-state index in [1.165, 1.54) is 167 Å². The number of aliphatic hydroxyl groups excluding tert-OH is 1. The zero-order valence-electron chi connectivity index (χ0n) is 59.3. The number of unbranched alkanes of at least 4 members (excludes halogenated alkanes) is 37. The summed E-state index contributed by atoms with van der Waals surface area (Å²) in [6.45, 7) is 11.8. The first-order valence-electron chi connectivity index (χ1n) is 37.4. The van der Waals surface area contributed by atoms with Gasteiger partial charge in [0.2, 0.25) is 0 Å². The van der Waals surface area contributed by atoms with Gasteiger partial charge in [0.05, 0.1) is 26.4 Å². The molecule has 0 rings (SSSR count). The molecule has 0 bridgehead atoms. The number of phosphoric acid groups is 2. The Hall–Kier alpha value is -1.94. The van der Waals surface area contributed by atoms with Crippen LogP contribution in [0.1, 0.15) is 363 Å². The second-order valence-corrected chi connectivity index (χ2v) is 30.1. The number of carbonyl (C=O) groups excluding carboxylic acids is 4. The van der Waals surface area contributed by atoms with Crippen LogP contribution in [-0.2, 0) is 65.4 Å². The Morgan fingerprint density at radius 2 is 0.560 bits per heavy atom. The number of hydrogen-bond donors (Lipinski definition) is 3. The minimum atomic E-state index is -4.95. The average Bonchev–Trinajstić information content (AvgIpc) is 3.47. The smallest absolute Gasteiger partial charge is 0.462 e. The van der Waals surface area contributed by atoms with Gasteiger partial charge in [-0.05, 0) is 43.4 Å². The lowest BCUT2D eigenvalue weighted by Crippen LogP contribution is -2.30. The highest BCUT2D eigenvalue weighted by Gasteiger charge is 2.30. The Bertz CT molecular complexity index is 1790. The van der Waals surface area contributed by atoms with Crippen LogP contribution in [0.3, 0.4) is 0 Å². The monoisotopic (exact) mass is 1340 g/mol. The predicted molar refractivity (Wildman–Crippen MR) is 368 cm³/mol. The fraction of sp³-hybridized carbons (Fsp3) is 0.944. The first-order chi connectivity index (χ1) is 43.8. The van der Waals surface area contributed by atoms with E-state index in [9.17, 15) is 43.2 Å². The van der Waals surface area contributed by atoms with Gasteiger partial charge in [-0.1, -0.05) is 312 Å². The number of phosphoric ester groups is 2. The molecular weight excluding hydrogens is 1200 g/mol. The molecule has 91 heavy (non-hydrogen) atoms. The van der Waals surface area contributed by atoms with E-state index in [2.05, 4.69) is 48.5 Å². The van der Waals surface area contributed by atoms with Gasteiger partial charge in [-0.3, -0.25) is 37.3 Å². The lowest BCUT2D eigenvalue weighted by molar-refractivity contribution is -0.161. The van der Waals surface area contributed by atoms with Gasteiger partial charge in [0.1, 0.15) is 19.3 Å². The van der Waals surface area contributed by atoms with Gasteiger partial charge in [0.25, 0.3) is 0 Å². The Labute approximate surface area is 556 Å². The van der Waals surface area contributed by atoms with E-state index in [1.807, 2.05) is 0 Å². The summed E-state index contributed by atoms with van der Waals surface area (Å²) in [5, 5.41) is 10.6. The summed E-state index contributed by atoms with van der Waals surface area (Å²) >= 11 is 0. The Balaban J connectivity index is 5.16. The summed E-state index contributed by atoms with van der Waals surface area (Å²) in [6.07, 6.45) is 47.5. The fourth-order valence-corrected chi connectivity index (χ4v) is 12.4. The molecule has 0 spiro atoms. The van der Waals surface area contributed by atoms with Crippen molar-refractivity contribution in [2.45, 2.75) is 381 Å². The summed E-state index contributed by atoms with van der Waals surface area (Å²) in [4.78, 5) is 72.5. The van der Waals surface area contributed by atoms with Crippen LogP contribution < -0.4 is 0 Å². The van der Waals surface area contributed by atoms with Gasteiger partial charge in [0.15, 0.2) is 12.2 Å². The van der Waals surface area contributed by atoms with Gasteiger partial charge < -0.3 is 33.8 Å². The van der Waals surface area contributed by atoms with E-state index in [1.54, 1.807) is 0 Å². The minimum Gasteiger partial charge on any atom is -0.462 e. The summed E-state index contributed by atoms with van der Waals surface area (Å²) in [5.41, 5.74) is 0. The molecule has 0 saturated carbocycles. The normalized spacial score (nSPS) is 14.5. The maximum Gasteiger partial charge on any atom is 0.472 e. The molecule has 0 aromatic rings.